The topological polar surface area (TPSA) is 61.1 Å². The van der Waals surface area contributed by atoms with Crippen molar-refractivity contribution < 1.29 is 9.90 Å². The van der Waals surface area contributed by atoms with Crippen molar-refractivity contribution in [3.05, 3.63) is 12.2 Å². The molecule has 0 aliphatic rings. The molecule has 0 unspecified atom stereocenters. The van der Waals surface area contributed by atoms with Gasteiger partial charge in [0.05, 0.1) is 6.07 Å². The number of hydrogen-bond acceptors (Lipinski definition) is 2. The fourth-order valence-corrected chi connectivity index (χ4v) is 0.851. The van der Waals surface area contributed by atoms with Gasteiger partial charge in [0.15, 0.2) is 0 Å². The van der Waals surface area contributed by atoms with Crippen LogP contribution < -0.4 is 0 Å². The van der Waals surface area contributed by atoms with Crippen LogP contribution in [0.3, 0.4) is 0 Å². The van der Waals surface area contributed by atoms with Gasteiger partial charge in [-0.05, 0) is 19.3 Å². The predicted octanol–water partition coefficient (Wildman–Crippen LogP) is 2.10. The Morgan fingerprint density at radius 1 is 1.42 bits per heavy atom. The van der Waals surface area contributed by atoms with Crippen LogP contribution in [0, 0.1) is 11.3 Å². The van der Waals surface area contributed by atoms with Crippen LogP contribution in [-0.2, 0) is 4.79 Å². The largest absolute Gasteiger partial charge is 0.481 e. The summed E-state index contributed by atoms with van der Waals surface area (Å²) >= 11 is 0. The summed E-state index contributed by atoms with van der Waals surface area (Å²) in [5.74, 6) is -0.734. The van der Waals surface area contributed by atoms with Gasteiger partial charge in [-0.25, -0.2) is 0 Å². The maximum absolute atomic E-state index is 10.1. The molecule has 0 aliphatic carbocycles. The number of nitrogens with zero attached hydrogens (tertiary/aromatic N) is 1. The lowest BCUT2D eigenvalue weighted by Gasteiger charge is -1.93. The third-order valence-electron chi connectivity index (χ3n) is 1.45. The Kier molecular flexibility index (Phi) is 6.96. The first-order chi connectivity index (χ1) is 5.77. The summed E-state index contributed by atoms with van der Waals surface area (Å²) in [5.41, 5.74) is 0. The zero-order valence-corrected chi connectivity index (χ0v) is 6.99. The van der Waals surface area contributed by atoms with Crippen molar-refractivity contribution >= 4 is 5.97 Å². The first-order valence-electron chi connectivity index (χ1n) is 4.04. The molecule has 0 spiro atoms. The van der Waals surface area contributed by atoms with Crippen molar-refractivity contribution in [2.75, 3.05) is 0 Å². The predicted molar refractivity (Wildman–Crippen MR) is 45.5 cm³/mol. The Hall–Kier alpha value is -1.30. The highest BCUT2D eigenvalue weighted by Gasteiger charge is 1.94. The summed E-state index contributed by atoms with van der Waals surface area (Å²) in [6.07, 6.45) is 7.00. The smallest absolute Gasteiger partial charge is 0.303 e. The second-order valence-corrected chi connectivity index (χ2v) is 2.52. The van der Waals surface area contributed by atoms with Crippen LogP contribution in [-0.4, -0.2) is 11.1 Å². The summed E-state index contributed by atoms with van der Waals surface area (Å²) in [6, 6.07) is 1.90. The van der Waals surface area contributed by atoms with Crippen LogP contribution >= 0.6 is 0 Å². The highest BCUT2D eigenvalue weighted by atomic mass is 16.4. The molecule has 0 atom stereocenters. The maximum Gasteiger partial charge on any atom is 0.303 e. The van der Waals surface area contributed by atoms with E-state index in [1.807, 2.05) is 6.07 Å². The van der Waals surface area contributed by atoms with Gasteiger partial charge in [-0.15, -0.1) is 0 Å². The molecule has 12 heavy (non-hydrogen) atoms. The molecule has 0 heterocycles. The molecule has 0 aromatic carbocycles. The standard InChI is InChI=1S/C9H13NO2/c10-8-6-4-2-1-3-5-7-9(11)12/h4,6H,1-3,5,7H2,(H,11,12)/b6-4+. The van der Waals surface area contributed by atoms with Crippen molar-refractivity contribution in [2.24, 2.45) is 0 Å². The molecule has 1 N–H and O–H groups in total. The number of aliphatic carboxylic acids is 1. The summed E-state index contributed by atoms with van der Waals surface area (Å²) in [5, 5.41) is 16.4. The molecule has 66 valence electrons. The molecule has 0 aromatic rings. The zero-order valence-electron chi connectivity index (χ0n) is 6.99. The van der Waals surface area contributed by atoms with Gasteiger partial charge >= 0.3 is 5.97 Å². The van der Waals surface area contributed by atoms with Gasteiger partial charge in [0.2, 0.25) is 0 Å². The minimum absolute atomic E-state index is 0.252. The Morgan fingerprint density at radius 2 is 2.17 bits per heavy atom. The zero-order chi connectivity index (χ0) is 9.23. The third-order valence-corrected chi connectivity index (χ3v) is 1.45. The number of rotatable bonds is 6. The molecule has 0 fully saturated rings. The fraction of sp³-hybridized carbons (Fsp3) is 0.556. The number of carbonyl (C=O) groups is 1. The van der Waals surface area contributed by atoms with Crippen molar-refractivity contribution in [2.45, 2.75) is 32.1 Å². The van der Waals surface area contributed by atoms with E-state index in [-0.39, 0.29) is 6.42 Å². The van der Waals surface area contributed by atoms with Crippen LogP contribution in [0.4, 0.5) is 0 Å². The molecule has 3 nitrogen and oxygen atoms in total. The van der Waals surface area contributed by atoms with Crippen molar-refractivity contribution in [1.82, 2.24) is 0 Å². The minimum Gasteiger partial charge on any atom is -0.481 e. The van der Waals surface area contributed by atoms with E-state index in [2.05, 4.69) is 0 Å². The van der Waals surface area contributed by atoms with Crippen LogP contribution in [0.1, 0.15) is 32.1 Å². The Bertz CT molecular complexity index is 191. The van der Waals surface area contributed by atoms with E-state index < -0.39 is 5.97 Å². The molecule has 0 saturated carbocycles. The van der Waals surface area contributed by atoms with Gasteiger partial charge in [-0.1, -0.05) is 12.5 Å². The quantitative estimate of drug-likeness (QED) is 0.486. The average Bonchev–Trinajstić information content (AvgIpc) is 2.02. The number of allylic oxidation sites excluding steroid dienone is 2. The second kappa shape index (κ2) is 7.80. The van der Waals surface area contributed by atoms with E-state index in [1.54, 1.807) is 6.08 Å². The van der Waals surface area contributed by atoms with Gasteiger partial charge < -0.3 is 5.11 Å². The minimum atomic E-state index is -0.734. The molecule has 3 heteroatoms. The fourth-order valence-electron chi connectivity index (χ4n) is 0.851. The first-order valence-corrected chi connectivity index (χ1v) is 4.04. The molecule has 0 amide bonds. The van der Waals surface area contributed by atoms with Gasteiger partial charge in [-0.3, -0.25) is 4.79 Å². The van der Waals surface area contributed by atoms with Crippen LogP contribution in [0.5, 0.6) is 0 Å². The Labute approximate surface area is 72.3 Å². The number of nitriles is 1. The lowest BCUT2D eigenvalue weighted by Crippen LogP contribution is -1.93. The molecule has 0 radical (unpaired) electrons. The molecule has 0 bridgehead atoms. The summed E-state index contributed by atoms with van der Waals surface area (Å²) in [6.45, 7) is 0. The van der Waals surface area contributed by atoms with E-state index in [9.17, 15) is 4.79 Å². The van der Waals surface area contributed by atoms with Gasteiger partial charge in [-0.2, -0.15) is 5.26 Å². The maximum atomic E-state index is 10.1. The van der Waals surface area contributed by atoms with Crippen molar-refractivity contribution in [1.29, 1.82) is 5.26 Å². The summed E-state index contributed by atoms with van der Waals surface area (Å²) in [4.78, 5) is 10.1. The second-order valence-electron chi connectivity index (χ2n) is 2.52. The number of carboxylic acids is 1. The van der Waals surface area contributed by atoms with E-state index in [0.717, 1.165) is 25.7 Å². The van der Waals surface area contributed by atoms with Crippen LogP contribution in [0.15, 0.2) is 12.2 Å². The van der Waals surface area contributed by atoms with Crippen LogP contribution in [0.25, 0.3) is 0 Å². The van der Waals surface area contributed by atoms with Gasteiger partial charge in [0.1, 0.15) is 0 Å². The lowest BCUT2D eigenvalue weighted by molar-refractivity contribution is -0.137. The normalized spacial score (nSPS) is 9.92. The highest BCUT2D eigenvalue weighted by Crippen LogP contribution is 2.03. The van der Waals surface area contributed by atoms with Gasteiger partial charge in [0, 0.05) is 12.5 Å². The molecular weight excluding hydrogens is 154 g/mol. The molecular formula is C9H13NO2. The lowest BCUT2D eigenvalue weighted by atomic mass is 10.1. The van der Waals surface area contributed by atoms with E-state index in [4.69, 9.17) is 10.4 Å². The van der Waals surface area contributed by atoms with Crippen LogP contribution in [0.2, 0.25) is 0 Å². The summed E-state index contributed by atoms with van der Waals surface area (Å²) < 4.78 is 0. The van der Waals surface area contributed by atoms with Crippen molar-refractivity contribution in [3.8, 4) is 6.07 Å². The number of unbranched alkanes of at least 4 members (excludes halogenated alkanes) is 3. The molecule has 0 rings (SSSR count). The Morgan fingerprint density at radius 3 is 2.75 bits per heavy atom. The SMILES string of the molecule is N#C/C=C/CCCCCC(=O)O. The van der Waals surface area contributed by atoms with Gasteiger partial charge in [0.25, 0.3) is 0 Å². The Balaban J connectivity index is 3.07. The van der Waals surface area contributed by atoms with E-state index in [1.165, 1.54) is 6.08 Å². The summed E-state index contributed by atoms with van der Waals surface area (Å²) in [7, 11) is 0. The molecule has 0 aliphatic heterocycles. The molecule has 0 saturated heterocycles. The average molecular weight is 167 g/mol. The molecule has 0 aromatic heterocycles. The van der Waals surface area contributed by atoms with Crippen molar-refractivity contribution in [3.63, 3.8) is 0 Å². The highest BCUT2D eigenvalue weighted by molar-refractivity contribution is 5.66. The van der Waals surface area contributed by atoms with E-state index >= 15 is 0 Å². The number of carboxylic acid groups (broad SMARTS) is 1. The third kappa shape index (κ3) is 8.70. The first kappa shape index (κ1) is 10.7. The van der Waals surface area contributed by atoms with E-state index in [0.29, 0.717) is 0 Å². The monoisotopic (exact) mass is 167 g/mol. The number of hydrogen-bond donors (Lipinski definition) is 1.